The number of aryl methyl sites for hydroxylation is 1. The molecule has 0 aliphatic rings. The van der Waals surface area contributed by atoms with E-state index in [2.05, 4.69) is 36.3 Å². The summed E-state index contributed by atoms with van der Waals surface area (Å²) < 4.78 is 0. The van der Waals surface area contributed by atoms with Gasteiger partial charge in [-0.1, -0.05) is 32.9 Å². The quantitative estimate of drug-likeness (QED) is 0.628. The molecule has 0 radical (unpaired) electrons. The minimum absolute atomic E-state index is 0.144. The van der Waals surface area contributed by atoms with Crippen LogP contribution in [-0.2, 0) is 6.42 Å². The third-order valence-corrected chi connectivity index (χ3v) is 5.21. The number of likely N-dealkylation sites (N-methyl/N-ethyl adjacent to an activating group) is 1. The summed E-state index contributed by atoms with van der Waals surface area (Å²) in [6.07, 6.45) is 0.931. The first kappa shape index (κ1) is 23.4. The van der Waals surface area contributed by atoms with E-state index in [0.29, 0.717) is 23.4 Å². The van der Waals surface area contributed by atoms with Crippen molar-refractivity contribution in [2.75, 3.05) is 50.5 Å². The van der Waals surface area contributed by atoms with E-state index in [0.717, 1.165) is 31.7 Å². The number of hydrogen-bond donors (Lipinski definition) is 2. The number of benzene rings is 2. The van der Waals surface area contributed by atoms with Crippen molar-refractivity contribution >= 4 is 23.2 Å². The van der Waals surface area contributed by atoms with Gasteiger partial charge in [0.1, 0.15) is 0 Å². The SMILES string of the molecule is CCc1ccc(C(=O)Nc2ccc(N(C)C)c(C(=O)NCCN(CC)CC)c2)cc1. The average Bonchev–Trinajstić information content (AvgIpc) is 2.76. The van der Waals surface area contributed by atoms with E-state index in [-0.39, 0.29) is 11.8 Å². The van der Waals surface area contributed by atoms with Crippen LogP contribution < -0.4 is 15.5 Å². The van der Waals surface area contributed by atoms with Gasteiger partial charge in [-0.3, -0.25) is 9.59 Å². The van der Waals surface area contributed by atoms with Crippen LogP contribution in [0.3, 0.4) is 0 Å². The summed E-state index contributed by atoms with van der Waals surface area (Å²) >= 11 is 0. The maximum absolute atomic E-state index is 12.8. The lowest BCUT2D eigenvalue weighted by molar-refractivity contribution is 0.0948. The Morgan fingerprint density at radius 1 is 0.900 bits per heavy atom. The predicted molar refractivity (Wildman–Crippen MR) is 125 cm³/mol. The minimum Gasteiger partial charge on any atom is -0.377 e. The summed E-state index contributed by atoms with van der Waals surface area (Å²) in [5.41, 5.74) is 3.72. The Bertz CT molecular complexity index is 843. The van der Waals surface area contributed by atoms with Gasteiger partial charge in [0.15, 0.2) is 0 Å². The molecule has 2 aromatic rings. The number of carbonyl (C=O) groups is 2. The maximum Gasteiger partial charge on any atom is 0.255 e. The summed E-state index contributed by atoms with van der Waals surface area (Å²) in [7, 11) is 3.80. The molecule has 0 atom stereocenters. The molecule has 2 N–H and O–H groups in total. The highest BCUT2D eigenvalue weighted by molar-refractivity contribution is 6.06. The van der Waals surface area contributed by atoms with Gasteiger partial charge in [-0.25, -0.2) is 0 Å². The van der Waals surface area contributed by atoms with Crippen molar-refractivity contribution in [2.24, 2.45) is 0 Å². The van der Waals surface area contributed by atoms with Gasteiger partial charge in [0, 0.05) is 44.1 Å². The lowest BCUT2D eigenvalue weighted by Gasteiger charge is -2.20. The van der Waals surface area contributed by atoms with Gasteiger partial charge in [-0.2, -0.15) is 0 Å². The second kappa shape index (κ2) is 11.4. The highest BCUT2D eigenvalue weighted by Crippen LogP contribution is 2.23. The minimum atomic E-state index is -0.192. The molecule has 2 amide bonds. The zero-order chi connectivity index (χ0) is 22.1. The maximum atomic E-state index is 12.8. The van der Waals surface area contributed by atoms with Gasteiger partial charge in [-0.05, 0) is 55.4 Å². The van der Waals surface area contributed by atoms with Gasteiger partial charge >= 0.3 is 0 Å². The first-order chi connectivity index (χ1) is 14.4. The van der Waals surface area contributed by atoms with Crippen molar-refractivity contribution in [1.82, 2.24) is 10.2 Å². The summed E-state index contributed by atoms with van der Waals surface area (Å²) in [5, 5.41) is 5.90. The molecular formula is C24H34N4O2. The normalized spacial score (nSPS) is 10.7. The first-order valence-corrected chi connectivity index (χ1v) is 10.6. The zero-order valence-electron chi connectivity index (χ0n) is 18.8. The van der Waals surface area contributed by atoms with Crippen molar-refractivity contribution in [3.63, 3.8) is 0 Å². The molecule has 2 rings (SSSR count). The van der Waals surface area contributed by atoms with E-state index in [1.165, 1.54) is 5.56 Å². The Morgan fingerprint density at radius 3 is 2.13 bits per heavy atom. The van der Waals surface area contributed by atoms with Crippen LogP contribution in [0.2, 0.25) is 0 Å². The van der Waals surface area contributed by atoms with Crippen molar-refractivity contribution in [3.8, 4) is 0 Å². The van der Waals surface area contributed by atoms with Crippen LogP contribution in [0, 0.1) is 0 Å². The molecule has 2 aromatic carbocycles. The number of rotatable bonds is 10. The lowest BCUT2D eigenvalue weighted by Crippen LogP contribution is -2.35. The van der Waals surface area contributed by atoms with Crippen molar-refractivity contribution in [3.05, 3.63) is 59.2 Å². The van der Waals surface area contributed by atoms with Crippen LogP contribution in [0.5, 0.6) is 0 Å². The number of anilines is 2. The molecule has 0 bridgehead atoms. The number of nitrogens with one attached hydrogen (secondary N) is 2. The van der Waals surface area contributed by atoms with Crippen molar-refractivity contribution < 1.29 is 9.59 Å². The van der Waals surface area contributed by atoms with E-state index in [1.54, 1.807) is 6.07 Å². The summed E-state index contributed by atoms with van der Waals surface area (Å²) in [6.45, 7) is 9.59. The molecule has 0 aliphatic heterocycles. The molecule has 30 heavy (non-hydrogen) atoms. The molecule has 162 valence electrons. The van der Waals surface area contributed by atoms with Gasteiger partial charge in [0.05, 0.1) is 5.56 Å². The van der Waals surface area contributed by atoms with Crippen LogP contribution >= 0.6 is 0 Å². The average molecular weight is 411 g/mol. The molecule has 0 aliphatic carbocycles. The highest BCUT2D eigenvalue weighted by Gasteiger charge is 2.15. The fourth-order valence-electron chi connectivity index (χ4n) is 3.24. The first-order valence-electron chi connectivity index (χ1n) is 10.6. The topological polar surface area (TPSA) is 64.7 Å². The van der Waals surface area contributed by atoms with E-state index in [4.69, 9.17) is 0 Å². The molecule has 0 spiro atoms. The predicted octanol–water partition coefficient (Wildman–Crippen LogP) is 3.64. The lowest BCUT2D eigenvalue weighted by atomic mass is 10.1. The molecule has 0 saturated heterocycles. The van der Waals surface area contributed by atoms with E-state index < -0.39 is 0 Å². The van der Waals surface area contributed by atoms with Crippen molar-refractivity contribution in [1.29, 1.82) is 0 Å². The second-order valence-corrected chi connectivity index (χ2v) is 7.41. The molecule has 0 aromatic heterocycles. The van der Waals surface area contributed by atoms with E-state index in [1.807, 2.05) is 55.4 Å². The molecular weight excluding hydrogens is 376 g/mol. The fraction of sp³-hybridized carbons (Fsp3) is 0.417. The van der Waals surface area contributed by atoms with Gasteiger partial charge < -0.3 is 20.4 Å². The van der Waals surface area contributed by atoms with Crippen LogP contribution in [0.25, 0.3) is 0 Å². The summed E-state index contributed by atoms with van der Waals surface area (Å²) in [4.78, 5) is 29.6. The Hall–Kier alpha value is -2.86. The molecule has 0 saturated carbocycles. The number of hydrogen-bond acceptors (Lipinski definition) is 4. The van der Waals surface area contributed by atoms with Crippen LogP contribution in [0.15, 0.2) is 42.5 Å². The Labute approximate surface area is 180 Å². The third kappa shape index (κ3) is 6.32. The Balaban J connectivity index is 2.14. The van der Waals surface area contributed by atoms with Crippen molar-refractivity contribution in [2.45, 2.75) is 27.2 Å². The van der Waals surface area contributed by atoms with E-state index in [9.17, 15) is 9.59 Å². The molecule has 0 heterocycles. The van der Waals surface area contributed by atoms with Gasteiger partial charge in [0.25, 0.3) is 11.8 Å². The number of amides is 2. The summed E-state index contributed by atoms with van der Waals surface area (Å²) in [5.74, 6) is -0.336. The van der Waals surface area contributed by atoms with E-state index >= 15 is 0 Å². The molecule has 6 nitrogen and oxygen atoms in total. The number of nitrogens with zero attached hydrogens (tertiary/aromatic N) is 2. The molecule has 0 unspecified atom stereocenters. The standard InChI is InChI=1S/C24H34N4O2/c1-6-18-9-11-19(12-10-18)23(29)26-20-13-14-22(27(4)5)21(17-20)24(30)25-15-16-28(7-2)8-3/h9-14,17H,6-8,15-16H2,1-5H3,(H,25,30)(H,26,29). The second-order valence-electron chi connectivity index (χ2n) is 7.41. The van der Waals surface area contributed by atoms with Crippen LogP contribution in [-0.4, -0.2) is 57.0 Å². The highest BCUT2D eigenvalue weighted by atomic mass is 16.2. The Morgan fingerprint density at radius 2 is 1.57 bits per heavy atom. The molecule has 0 fully saturated rings. The fourth-order valence-corrected chi connectivity index (χ4v) is 3.24. The Kier molecular flexibility index (Phi) is 8.87. The van der Waals surface area contributed by atoms with Gasteiger partial charge in [0.2, 0.25) is 0 Å². The smallest absolute Gasteiger partial charge is 0.255 e. The van der Waals surface area contributed by atoms with Crippen LogP contribution in [0.1, 0.15) is 47.1 Å². The third-order valence-electron chi connectivity index (χ3n) is 5.21. The largest absolute Gasteiger partial charge is 0.377 e. The zero-order valence-corrected chi connectivity index (χ0v) is 18.8. The summed E-state index contributed by atoms with van der Waals surface area (Å²) in [6, 6.07) is 13.0. The monoisotopic (exact) mass is 410 g/mol. The van der Waals surface area contributed by atoms with Crippen LogP contribution in [0.4, 0.5) is 11.4 Å². The van der Waals surface area contributed by atoms with Gasteiger partial charge in [-0.15, -0.1) is 0 Å². The molecule has 6 heteroatoms. The number of carbonyl (C=O) groups excluding carboxylic acids is 2.